The van der Waals surface area contributed by atoms with Crippen molar-refractivity contribution in [2.24, 2.45) is 0 Å². The molecule has 2 aromatic heterocycles. The van der Waals surface area contributed by atoms with Gasteiger partial charge in [-0.25, -0.2) is 4.98 Å². The maximum absolute atomic E-state index is 13.1. The summed E-state index contributed by atoms with van der Waals surface area (Å²) in [6.45, 7) is 0. The predicted octanol–water partition coefficient (Wildman–Crippen LogP) is 5.20. The zero-order chi connectivity index (χ0) is 16.7. The number of halogens is 1. The van der Waals surface area contributed by atoms with Crippen LogP contribution in [0, 0.1) is 0 Å². The van der Waals surface area contributed by atoms with Crippen LogP contribution < -0.4 is 0 Å². The van der Waals surface area contributed by atoms with E-state index in [1.165, 1.54) is 11.8 Å². The molecular formula is C19H13BrN2OS. The number of carbonyl (C=O) groups is 1. The van der Waals surface area contributed by atoms with Gasteiger partial charge in [-0.15, -0.1) is 11.8 Å². The number of imidazole rings is 1. The third-order valence-corrected chi connectivity index (χ3v) is 5.20. The fraction of sp³-hybridized carbons (Fsp3) is 0.0526. The van der Waals surface area contributed by atoms with Gasteiger partial charge in [-0.1, -0.05) is 40.2 Å². The van der Waals surface area contributed by atoms with Crippen molar-refractivity contribution < 1.29 is 4.79 Å². The third-order valence-electron chi connectivity index (χ3n) is 4.00. The van der Waals surface area contributed by atoms with Crippen LogP contribution >= 0.6 is 27.7 Å². The summed E-state index contributed by atoms with van der Waals surface area (Å²) in [5.74, 6) is -0.0189. The Balaban J connectivity index is 1.98. The Kier molecular flexibility index (Phi) is 3.90. The Morgan fingerprint density at radius 2 is 1.83 bits per heavy atom. The molecular weight excluding hydrogens is 384 g/mol. The zero-order valence-corrected chi connectivity index (χ0v) is 15.3. The lowest BCUT2D eigenvalue weighted by atomic mass is 10.1. The normalized spacial score (nSPS) is 11.2. The molecule has 0 aliphatic carbocycles. The highest BCUT2D eigenvalue weighted by molar-refractivity contribution is 9.10. The van der Waals surface area contributed by atoms with E-state index in [2.05, 4.69) is 22.0 Å². The summed E-state index contributed by atoms with van der Waals surface area (Å²) in [6.07, 6.45) is 3.87. The molecule has 0 fully saturated rings. The molecule has 0 N–H and O–H groups in total. The zero-order valence-electron chi connectivity index (χ0n) is 12.9. The number of aromatic nitrogens is 2. The van der Waals surface area contributed by atoms with Gasteiger partial charge in [0.05, 0.1) is 0 Å². The molecule has 0 bridgehead atoms. The highest BCUT2D eigenvalue weighted by Gasteiger charge is 2.21. The molecule has 2 heterocycles. The van der Waals surface area contributed by atoms with Gasteiger partial charge in [-0.3, -0.25) is 9.20 Å². The van der Waals surface area contributed by atoms with Gasteiger partial charge in [0.25, 0.3) is 0 Å². The largest absolute Gasteiger partial charge is 0.295 e. The van der Waals surface area contributed by atoms with E-state index >= 15 is 0 Å². The number of thioether (sulfide) groups is 1. The summed E-state index contributed by atoms with van der Waals surface area (Å²) < 4.78 is 2.85. The molecule has 0 saturated carbocycles. The molecule has 5 heteroatoms. The summed E-state index contributed by atoms with van der Waals surface area (Å²) in [5.41, 5.74) is 2.09. The van der Waals surface area contributed by atoms with E-state index in [1.54, 1.807) is 0 Å². The molecule has 24 heavy (non-hydrogen) atoms. The second-order valence-corrected chi connectivity index (χ2v) is 7.11. The number of pyridine rings is 1. The molecule has 4 rings (SSSR count). The number of hydrogen-bond donors (Lipinski definition) is 0. The van der Waals surface area contributed by atoms with E-state index in [0.29, 0.717) is 11.3 Å². The molecule has 0 radical (unpaired) electrons. The Morgan fingerprint density at radius 3 is 2.58 bits per heavy atom. The van der Waals surface area contributed by atoms with Crippen molar-refractivity contribution >= 4 is 49.9 Å². The maximum Gasteiger partial charge on any atom is 0.212 e. The van der Waals surface area contributed by atoms with Gasteiger partial charge < -0.3 is 0 Å². The predicted molar refractivity (Wildman–Crippen MR) is 102 cm³/mol. The van der Waals surface area contributed by atoms with Crippen LogP contribution in [0.3, 0.4) is 0 Å². The van der Waals surface area contributed by atoms with E-state index in [9.17, 15) is 4.79 Å². The molecule has 0 spiro atoms. The number of ketones is 1. The molecule has 0 amide bonds. The molecule has 0 saturated heterocycles. The van der Waals surface area contributed by atoms with E-state index in [-0.39, 0.29) is 5.78 Å². The summed E-state index contributed by atoms with van der Waals surface area (Å²) in [7, 11) is 0. The molecule has 0 atom stereocenters. The van der Waals surface area contributed by atoms with Crippen LogP contribution in [0.1, 0.15) is 16.1 Å². The first-order valence-electron chi connectivity index (χ1n) is 7.43. The highest BCUT2D eigenvalue weighted by Crippen LogP contribution is 2.28. The molecule has 0 unspecified atom stereocenters. The summed E-state index contributed by atoms with van der Waals surface area (Å²) >= 11 is 4.90. The lowest BCUT2D eigenvalue weighted by molar-refractivity contribution is 0.103. The fourth-order valence-corrected chi connectivity index (χ4v) is 3.66. The van der Waals surface area contributed by atoms with Gasteiger partial charge in [-0.05, 0) is 42.0 Å². The van der Waals surface area contributed by atoms with Gasteiger partial charge in [0.1, 0.15) is 16.4 Å². The molecule has 4 aromatic rings. The minimum absolute atomic E-state index is 0.0189. The van der Waals surface area contributed by atoms with Gasteiger partial charge in [-0.2, -0.15) is 0 Å². The number of fused-ring (bicyclic) bond motifs is 3. The van der Waals surface area contributed by atoms with Gasteiger partial charge in [0, 0.05) is 21.6 Å². The molecule has 0 aliphatic rings. The summed E-state index contributed by atoms with van der Waals surface area (Å²) in [5, 5.41) is 2.91. The van der Waals surface area contributed by atoms with Crippen molar-refractivity contribution in [3.8, 4) is 0 Å². The molecule has 3 nitrogen and oxygen atoms in total. The number of benzene rings is 2. The van der Waals surface area contributed by atoms with Crippen molar-refractivity contribution in [3.05, 3.63) is 76.5 Å². The standard InChI is InChI=1S/C19H13BrN2OS/c1-24-19-16(17(23)13-6-8-14(20)9-7-13)22-11-10-12-4-2-3-5-15(12)18(22)21-19/h2-11H,1H3. The number of carbonyl (C=O) groups excluding carboxylic acids is 1. The first-order chi connectivity index (χ1) is 11.7. The summed E-state index contributed by atoms with van der Waals surface area (Å²) in [6, 6.07) is 17.5. The van der Waals surface area contributed by atoms with Crippen molar-refractivity contribution in [2.75, 3.05) is 6.26 Å². The quantitative estimate of drug-likeness (QED) is 0.352. The lowest BCUT2D eigenvalue weighted by Crippen LogP contribution is -2.06. The molecule has 118 valence electrons. The van der Waals surface area contributed by atoms with Gasteiger partial charge in [0.15, 0.2) is 0 Å². The monoisotopic (exact) mass is 396 g/mol. The van der Waals surface area contributed by atoms with Crippen LogP contribution in [0.25, 0.3) is 16.4 Å². The van der Waals surface area contributed by atoms with E-state index in [1.807, 2.05) is 65.4 Å². The minimum Gasteiger partial charge on any atom is -0.295 e. The van der Waals surface area contributed by atoms with Crippen molar-refractivity contribution in [1.82, 2.24) is 9.38 Å². The van der Waals surface area contributed by atoms with Crippen LogP contribution in [0.15, 0.2) is 70.3 Å². The Morgan fingerprint density at radius 1 is 1.08 bits per heavy atom. The number of nitrogens with zero attached hydrogens (tertiary/aromatic N) is 2. The van der Waals surface area contributed by atoms with E-state index in [4.69, 9.17) is 4.98 Å². The second-order valence-electron chi connectivity index (χ2n) is 5.40. The average Bonchev–Trinajstić information content (AvgIpc) is 3.01. The van der Waals surface area contributed by atoms with E-state index < -0.39 is 0 Å². The van der Waals surface area contributed by atoms with Gasteiger partial charge >= 0.3 is 0 Å². The molecule has 0 aliphatic heterocycles. The van der Waals surface area contributed by atoms with Crippen LogP contribution in [0.5, 0.6) is 0 Å². The van der Waals surface area contributed by atoms with Crippen molar-refractivity contribution in [2.45, 2.75) is 5.03 Å². The molecule has 2 aromatic carbocycles. The van der Waals surface area contributed by atoms with Gasteiger partial charge in [0.2, 0.25) is 5.78 Å². The first kappa shape index (κ1) is 15.4. The maximum atomic E-state index is 13.1. The highest BCUT2D eigenvalue weighted by atomic mass is 79.9. The Bertz CT molecular complexity index is 1070. The van der Waals surface area contributed by atoms with Crippen LogP contribution in [0.4, 0.5) is 0 Å². The first-order valence-corrected chi connectivity index (χ1v) is 9.45. The Hall–Kier alpha value is -2.11. The summed E-state index contributed by atoms with van der Waals surface area (Å²) in [4.78, 5) is 17.8. The number of rotatable bonds is 3. The van der Waals surface area contributed by atoms with Crippen molar-refractivity contribution in [1.29, 1.82) is 0 Å². The van der Waals surface area contributed by atoms with Crippen LogP contribution in [-0.2, 0) is 0 Å². The van der Waals surface area contributed by atoms with Crippen LogP contribution in [-0.4, -0.2) is 21.4 Å². The minimum atomic E-state index is -0.0189. The van der Waals surface area contributed by atoms with Crippen molar-refractivity contribution in [3.63, 3.8) is 0 Å². The fourth-order valence-electron chi connectivity index (χ4n) is 2.83. The topological polar surface area (TPSA) is 34.4 Å². The SMILES string of the molecule is CSc1nc2c3ccccc3ccn2c1C(=O)c1ccc(Br)cc1. The Labute approximate surface area is 151 Å². The number of hydrogen-bond acceptors (Lipinski definition) is 3. The second kappa shape index (κ2) is 6.07. The van der Waals surface area contributed by atoms with Crippen LogP contribution in [0.2, 0.25) is 0 Å². The van der Waals surface area contributed by atoms with E-state index in [0.717, 1.165) is 25.9 Å². The lowest BCUT2D eigenvalue weighted by Gasteiger charge is -2.05. The third kappa shape index (κ3) is 2.44. The smallest absolute Gasteiger partial charge is 0.212 e. The average molecular weight is 397 g/mol.